The lowest BCUT2D eigenvalue weighted by Gasteiger charge is -2.40. The van der Waals surface area contributed by atoms with Crippen LogP contribution in [0, 0.1) is 0 Å². The molecule has 42 heavy (non-hydrogen) atoms. The van der Waals surface area contributed by atoms with Gasteiger partial charge in [0, 0.05) is 41.9 Å². The molecule has 2 amide bonds. The number of piperidine rings is 1. The van der Waals surface area contributed by atoms with E-state index in [2.05, 4.69) is 16.1 Å². The number of anilines is 1. The summed E-state index contributed by atoms with van der Waals surface area (Å²) < 4.78 is 7.55. The number of nitrogens with zero attached hydrogens (tertiary/aromatic N) is 5. The minimum absolute atomic E-state index is 0.00356. The SMILES string of the molecule is O=C(c1cccc(-n2cncn2)c1)N1CCC2(CC1)CN(C(=O)c1ccc(Oc3ccccc3)cc1)c1ccccc12. The second-order valence-electron chi connectivity index (χ2n) is 10.8. The summed E-state index contributed by atoms with van der Waals surface area (Å²) in [6.07, 6.45) is 4.66. The van der Waals surface area contributed by atoms with Gasteiger partial charge in [-0.2, -0.15) is 5.10 Å². The molecule has 8 nitrogen and oxygen atoms in total. The molecule has 0 unspecified atom stereocenters. The fourth-order valence-corrected chi connectivity index (χ4v) is 6.13. The summed E-state index contributed by atoms with van der Waals surface area (Å²) in [5.41, 5.74) is 3.98. The van der Waals surface area contributed by atoms with E-state index in [1.165, 1.54) is 11.9 Å². The Bertz CT molecular complexity index is 1730. The minimum Gasteiger partial charge on any atom is -0.457 e. The third-order valence-electron chi connectivity index (χ3n) is 8.34. The monoisotopic (exact) mass is 555 g/mol. The van der Waals surface area contributed by atoms with Crippen LogP contribution in [0.5, 0.6) is 11.5 Å². The second kappa shape index (κ2) is 10.6. The van der Waals surface area contributed by atoms with Crippen molar-refractivity contribution in [3.63, 3.8) is 0 Å². The number of hydrogen-bond acceptors (Lipinski definition) is 5. The van der Waals surface area contributed by atoms with Crippen molar-refractivity contribution in [1.29, 1.82) is 0 Å². The Kier molecular flexibility index (Phi) is 6.51. The van der Waals surface area contributed by atoms with Gasteiger partial charge in [0.2, 0.25) is 0 Å². The summed E-state index contributed by atoms with van der Waals surface area (Å²) in [7, 11) is 0. The van der Waals surface area contributed by atoms with Crippen molar-refractivity contribution in [2.45, 2.75) is 18.3 Å². The third-order valence-corrected chi connectivity index (χ3v) is 8.34. The first-order chi connectivity index (χ1) is 20.6. The zero-order valence-corrected chi connectivity index (χ0v) is 23.0. The van der Waals surface area contributed by atoms with Crippen molar-refractivity contribution in [3.8, 4) is 17.2 Å². The highest BCUT2D eigenvalue weighted by Gasteiger charge is 2.46. The van der Waals surface area contributed by atoms with E-state index in [0.29, 0.717) is 36.5 Å². The zero-order valence-electron chi connectivity index (χ0n) is 23.0. The van der Waals surface area contributed by atoms with Crippen LogP contribution in [-0.4, -0.2) is 51.1 Å². The number of rotatable bonds is 5. The maximum atomic E-state index is 13.8. The van der Waals surface area contributed by atoms with E-state index in [-0.39, 0.29) is 17.2 Å². The molecule has 0 N–H and O–H groups in total. The molecule has 1 saturated heterocycles. The van der Waals surface area contributed by atoms with Crippen molar-refractivity contribution in [2.24, 2.45) is 0 Å². The average Bonchev–Trinajstić information content (AvgIpc) is 3.70. The van der Waals surface area contributed by atoms with Gasteiger partial charge in [0.05, 0.1) is 5.69 Å². The van der Waals surface area contributed by atoms with Crippen LogP contribution in [0.15, 0.2) is 116 Å². The number of aromatic nitrogens is 3. The highest BCUT2D eigenvalue weighted by atomic mass is 16.5. The van der Waals surface area contributed by atoms with Gasteiger partial charge in [-0.05, 0) is 79.1 Å². The van der Waals surface area contributed by atoms with Crippen LogP contribution in [0.25, 0.3) is 5.69 Å². The van der Waals surface area contributed by atoms with Crippen molar-refractivity contribution >= 4 is 17.5 Å². The van der Waals surface area contributed by atoms with Gasteiger partial charge in [0.25, 0.3) is 11.8 Å². The number of ether oxygens (including phenoxy) is 1. The number of carbonyl (C=O) groups excluding carboxylic acids is 2. The van der Waals surface area contributed by atoms with Gasteiger partial charge in [-0.25, -0.2) is 9.67 Å². The first-order valence-electron chi connectivity index (χ1n) is 14.1. The Morgan fingerprint density at radius 2 is 1.48 bits per heavy atom. The molecule has 0 aliphatic carbocycles. The molecule has 2 aliphatic heterocycles. The predicted octanol–water partition coefficient (Wildman–Crippen LogP) is 5.89. The molecule has 5 aromatic rings. The molecule has 8 heteroatoms. The molecular formula is C34H29N5O3. The second-order valence-corrected chi connectivity index (χ2v) is 10.8. The number of hydrogen-bond donors (Lipinski definition) is 0. The van der Waals surface area contributed by atoms with Crippen molar-refractivity contribution in [1.82, 2.24) is 19.7 Å². The maximum Gasteiger partial charge on any atom is 0.258 e. The molecule has 7 rings (SSSR count). The zero-order chi connectivity index (χ0) is 28.5. The molecule has 0 radical (unpaired) electrons. The van der Waals surface area contributed by atoms with Crippen molar-refractivity contribution in [3.05, 3.63) is 132 Å². The Balaban J connectivity index is 1.07. The number of benzene rings is 4. The van der Waals surface area contributed by atoms with E-state index in [1.807, 2.05) is 107 Å². The van der Waals surface area contributed by atoms with Crippen LogP contribution in [0.1, 0.15) is 39.1 Å². The van der Waals surface area contributed by atoms with E-state index >= 15 is 0 Å². The van der Waals surface area contributed by atoms with E-state index in [9.17, 15) is 9.59 Å². The van der Waals surface area contributed by atoms with Gasteiger partial charge in [-0.3, -0.25) is 9.59 Å². The van der Waals surface area contributed by atoms with Crippen molar-refractivity contribution in [2.75, 3.05) is 24.5 Å². The molecule has 1 spiro atoms. The van der Waals surface area contributed by atoms with Gasteiger partial charge in [-0.15, -0.1) is 0 Å². The summed E-state index contributed by atoms with van der Waals surface area (Å²) >= 11 is 0. The summed E-state index contributed by atoms with van der Waals surface area (Å²) in [5, 5.41) is 4.18. The Hall–Kier alpha value is -5.24. The summed E-state index contributed by atoms with van der Waals surface area (Å²) in [5.74, 6) is 1.40. The largest absolute Gasteiger partial charge is 0.457 e. The highest BCUT2D eigenvalue weighted by molar-refractivity contribution is 6.08. The molecule has 4 aromatic carbocycles. The van der Waals surface area contributed by atoms with Crippen LogP contribution in [0.2, 0.25) is 0 Å². The molecule has 2 aliphatic rings. The quantitative estimate of drug-likeness (QED) is 0.270. The van der Waals surface area contributed by atoms with E-state index in [1.54, 1.807) is 11.0 Å². The lowest BCUT2D eigenvalue weighted by Crippen LogP contribution is -2.47. The number of amides is 2. The van der Waals surface area contributed by atoms with Crippen LogP contribution in [-0.2, 0) is 5.41 Å². The lowest BCUT2D eigenvalue weighted by atomic mass is 9.74. The van der Waals surface area contributed by atoms with Crippen LogP contribution in [0.3, 0.4) is 0 Å². The van der Waals surface area contributed by atoms with Crippen molar-refractivity contribution < 1.29 is 14.3 Å². The standard InChI is InChI=1S/C34H29N5O3/c40-32(26-7-6-8-27(21-26)39-24-35-23-36-39)37-19-17-34(18-20-37)22-38(31-12-5-4-11-30(31)34)33(41)25-13-15-29(16-14-25)42-28-9-2-1-3-10-28/h1-16,21,23-24H,17-20,22H2. The van der Waals surface area contributed by atoms with E-state index in [0.717, 1.165) is 30.0 Å². The van der Waals surface area contributed by atoms with Gasteiger partial charge in [0.1, 0.15) is 24.2 Å². The van der Waals surface area contributed by atoms with E-state index < -0.39 is 0 Å². The number of likely N-dealkylation sites (tertiary alicyclic amines) is 1. The normalized spacial score (nSPS) is 15.4. The van der Waals surface area contributed by atoms with Crippen LogP contribution < -0.4 is 9.64 Å². The summed E-state index contributed by atoms with van der Waals surface area (Å²) in [4.78, 5) is 35.1. The third kappa shape index (κ3) is 4.71. The van der Waals surface area contributed by atoms with Crippen LogP contribution in [0.4, 0.5) is 5.69 Å². The fourth-order valence-electron chi connectivity index (χ4n) is 6.13. The van der Waals surface area contributed by atoms with Crippen LogP contribution >= 0.6 is 0 Å². The molecule has 0 bridgehead atoms. The molecule has 0 saturated carbocycles. The first kappa shape index (κ1) is 25.7. The molecule has 1 aromatic heterocycles. The Morgan fingerprint density at radius 1 is 0.738 bits per heavy atom. The Morgan fingerprint density at radius 3 is 2.24 bits per heavy atom. The summed E-state index contributed by atoms with van der Waals surface area (Å²) in [6.45, 7) is 1.83. The topological polar surface area (TPSA) is 80.6 Å². The van der Waals surface area contributed by atoms with Gasteiger partial charge in [0.15, 0.2) is 0 Å². The van der Waals surface area contributed by atoms with Gasteiger partial charge in [-0.1, -0.05) is 42.5 Å². The molecule has 1 fully saturated rings. The predicted molar refractivity (Wildman–Crippen MR) is 159 cm³/mol. The number of carbonyl (C=O) groups is 2. The molecule has 3 heterocycles. The van der Waals surface area contributed by atoms with Gasteiger partial charge >= 0.3 is 0 Å². The average molecular weight is 556 g/mol. The molecule has 208 valence electrons. The highest BCUT2D eigenvalue weighted by Crippen LogP contribution is 2.47. The Labute approximate surface area is 243 Å². The number of para-hydroxylation sites is 2. The van der Waals surface area contributed by atoms with E-state index in [4.69, 9.17) is 4.74 Å². The molecule has 0 atom stereocenters. The number of fused-ring (bicyclic) bond motifs is 2. The first-order valence-corrected chi connectivity index (χ1v) is 14.1. The maximum absolute atomic E-state index is 13.8. The fraction of sp³-hybridized carbons (Fsp3) is 0.176. The molecular weight excluding hydrogens is 526 g/mol. The smallest absolute Gasteiger partial charge is 0.258 e. The van der Waals surface area contributed by atoms with Gasteiger partial charge < -0.3 is 14.5 Å². The summed E-state index contributed by atoms with van der Waals surface area (Å²) in [6, 6.07) is 32.5. The lowest BCUT2D eigenvalue weighted by molar-refractivity contribution is 0.0670. The minimum atomic E-state index is -0.192.